The molecule has 1 aromatic carbocycles. The number of anilines is 1. The van der Waals surface area contributed by atoms with E-state index in [9.17, 15) is 8.42 Å². The number of sulfone groups is 1. The average molecular weight is 383 g/mol. The summed E-state index contributed by atoms with van der Waals surface area (Å²) in [4.78, 5) is 0.201. The van der Waals surface area contributed by atoms with E-state index in [0.717, 1.165) is 0 Å². The number of rotatable bonds is 5. The van der Waals surface area contributed by atoms with Gasteiger partial charge in [0.1, 0.15) is 11.6 Å². The van der Waals surface area contributed by atoms with Crippen LogP contribution in [0.5, 0.6) is 0 Å². The highest BCUT2D eigenvalue weighted by Gasteiger charge is 2.13. The molecule has 0 atom stereocenters. The summed E-state index contributed by atoms with van der Waals surface area (Å²) >= 11 is 3.32. The molecular weight excluding hydrogens is 372 g/mol. The Labute approximate surface area is 135 Å². The second kappa shape index (κ2) is 6.67. The van der Waals surface area contributed by atoms with Crippen molar-refractivity contribution < 1.29 is 8.42 Å². The Morgan fingerprint density at radius 3 is 2.91 bits per heavy atom. The zero-order valence-corrected chi connectivity index (χ0v) is 13.8. The highest BCUT2D eigenvalue weighted by molar-refractivity contribution is 9.10. The van der Waals surface area contributed by atoms with Gasteiger partial charge in [-0.1, -0.05) is 6.92 Å². The molecule has 1 heterocycles. The van der Waals surface area contributed by atoms with E-state index >= 15 is 0 Å². The molecule has 0 amide bonds. The van der Waals surface area contributed by atoms with Gasteiger partial charge in [0.25, 0.3) is 0 Å². The first kappa shape index (κ1) is 16.1. The van der Waals surface area contributed by atoms with Crippen LogP contribution in [-0.2, 0) is 9.84 Å². The third-order valence-electron chi connectivity index (χ3n) is 2.76. The average Bonchev–Trinajstić information content (AvgIpc) is 3.03. The normalized spacial score (nSPS) is 12.0. The molecule has 0 unspecified atom stereocenters. The third kappa shape index (κ3) is 3.49. The Hall–Kier alpha value is -2.25. The van der Waals surface area contributed by atoms with Crippen molar-refractivity contribution in [3.05, 3.63) is 34.7 Å². The van der Waals surface area contributed by atoms with Crippen LogP contribution < -0.4 is 5.32 Å². The number of halogens is 1. The van der Waals surface area contributed by atoms with Crippen molar-refractivity contribution in [3.63, 3.8) is 0 Å². The molecule has 8 nitrogen and oxygen atoms in total. The van der Waals surface area contributed by atoms with E-state index in [2.05, 4.69) is 41.9 Å². The highest BCUT2D eigenvalue weighted by Crippen LogP contribution is 2.26. The Morgan fingerprint density at radius 2 is 2.32 bits per heavy atom. The number of hydrogen-bond donors (Lipinski definition) is 2. The summed E-state index contributed by atoms with van der Waals surface area (Å²) in [7, 11) is -3.31. The fraction of sp³-hybridized carbons (Fsp3) is 0.167. The van der Waals surface area contributed by atoms with Gasteiger partial charge in [-0.05, 0) is 39.3 Å². The first-order valence-electron chi connectivity index (χ1n) is 6.11. The van der Waals surface area contributed by atoms with Crippen molar-refractivity contribution >= 4 is 37.0 Å². The summed E-state index contributed by atoms with van der Waals surface area (Å²) in [6.07, 6.45) is 1.38. The maximum atomic E-state index is 11.9. The van der Waals surface area contributed by atoms with Gasteiger partial charge in [-0.25, -0.2) is 8.42 Å². The first-order valence-corrected chi connectivity index (χ1v) is 8.55. The minimum Gasteiger partial charge on any atom is -0.359 e. The van der Waals surface area contributed by atoms with Crippen LogP contribution in [0.4, 0.5) is 5.69 Å². The number of aromatic nitrogens is 4. The number of nitriles is 1. The van der Waals surface area contributed by atoms with Crippen molar-refractivity contribution in [2.24, 2.45) is 0 Å². The highest BCUT2D eigenvalue weighted by atomic mass is 79.9. The molecule has 10 heteroatoms. The molecule has 0 saturated carbocycles. The van der Waals surface area contributed by atoms with E-state index in [1.54, 1.807) is 13.0 Å². The SMILES string of the molecule is CCS(=O)(=O)c1ccc(Br)c(NC=C(C#N)c2nn[nH]n2)c1. The topological polar surface area (TPSA) is 124 Å². The van der Waals surface area contributed by atoms with E-state index in [1.165, 1.54) is 18.3 Å². The first-order chi connectivity index (χ1) is 10.5. The van der Waals surface area contributed by atoms with Gasteiger partial charge in [0.2, 0.25) is 5.82 Å². The fourth-order valence-corrected chi connectivity index (χ4v) is 2.81. The van der Waals surface area contributed by atoms with Crippen LogP contribution in [0.25, 0.3) is 5.57 Å². The summed E-state index contributed by atoms with van der Waals surface area (Å²) in [5.41, 5.74) is 0.662. The van der Waals surface area contributed by atoms with Crippen LogP contribution in [0.2, 0.25) is 0 Å². The molecule has 2 N–H and O–H groups in total. The summed E-state index contributed by atoms with van der Waals surface area (Å²) in [5.74, 6) is 0.152. The van der Waals surface area contributed by atoms with Crippen LogP contribution in [0.3, 0.4) is 0 Å². The van der Waals surface area contributed by atoms with Crippen molar-refractivity contribution in [1.82, 2.24) is 20.6 Å². The largest absolute Gasteiger partial charge is 0.359 e. The maximum absolute atomic E-state index is 11.9. The summed E-state index contributed by atoms with van der Waals surface area (Å²) in [5, 5.41) is 25.0. The second-order valence-electron chi connectivity index (χ2n) is 4.09. The number of benzene rings is 1. The van der Waals surface area contributed by atoms with Crippen LogP contribution in [0, 0.1) is 11.3 Å². The Bertz CT molecular complexity index is 839. The molecule has 0 radical (unpaired) electrons. The zero-order chi connectivity index (χ0) is 16.2. The lowest BCUT2D eigenvalue weighted by Gasteiger charge is -2.08. The lowest BCUT2D eigenvalue weighted by molar-refractivity contribution is 0.597. The fourth-order valence-electron chi connectivity index (χ4n) is 1.55. The molecule has 22 heavy (non-hydrogen) atoms. The minimum atomic E-state index is -3.31. The second-order valence-corrected chi connectivity index (χ2v) is 7.23. The van der Waals surface area contributed by atoms with Gasteiger partial charge < -0.3 is 5.32 Å². The number of allylic oxidation sites excluding steroid dienone is 1. The van der Waals surface area contributed by atoms with Gasteiger partial charge in [0.15, 0.2) is 9.84 Å². The number of nitrogens with one attached hydrogen (secondary N) is 2. The number of nitrogens with zero attached hydrogens (tertiary/aromatic N) is 4. The molecule has 0 saturated heterocycles. The smallest absolute Gasteiger partial charge is 0.216 e. The van der Waals surface area contributed by atoms with Crippen LogP contribution in [0.15, 0.2) is 33.8 Å². The Morgan fingerprint density at radius 1 is 1.55 bits per heavy atom. The van der Waals surface area contributed by atoms with Gasteiger partial charge >= 0.3 is 0 Å². The molecule has 2 aromatic rings. The van der Waals surface area contributed by atoms with Crippen molar-refractivity contribution in [2.75, 3.05) is 11.1 Å². The molecule has 114 valence electrons. The van der Waals surface area contributed by atoms with Gasteiger partial charge in [-0.3, -0.25) is 0 Å². The molecule has 0 spiro atoms. The van der Waals surface area contributed by atoms with E-state index < -0.39 is 9.84 Å². The zero-order valence-electron chi connectivity index (χ0n) is 11.4. The molecule has 0 aliphatic carbocycles. The number of hydrogen-bond acceptors (Lipinski definition) is 7. The monoisotopic (exact) mass is 382 g/mol. The van der Waals surface area contributed by atoms with E-state index in [0.29, 0.717) is 10.2 Å². The predicted octanol–water partition coefficient (Wildman–Crippen LogP) is 1.73. The van der Waals surface area contributed by atoms with Crippen molar-refractivity contribution in [2.45, 2.75) is 11.8 Å². The predicted molar refractivity (Wildman–Crippen MR) is 83.3 cm³/mol. The quantitative estimate of drug-likeness (QED) is 0.754. The lowest BCUT2D eigenvalue weighted by atomic mass is 10.3. The number of aromatic amines is 1. The van der Waals surface area contributed by atoms with E-state index in [-0.39, 0.29) is 22.0 Å². The van der Waals surface area contributed by atoms with Crippen LogP contribution in [-0.4, -0.2) is 34.8 Å². The van der Waals surface area contributed by atoms with Gasteiger partial charge in [-0.2, -0.15) is 10.5 Å². The number of tetrazole rings is 1. The number of H-pyrrole nitrogens is 1. The molecule has 1 aromatic heterocycles. The molecule has 0 aliphatic rings. The van der Waals surface area contributed by atoms with Crippen molar-refractivity contribution in [3.8, 4) is 6.07 Å². The van der Waals surface area contributed by atoms with Gasteiger partial charge in [-0.15, -0.1) is 10.2 Å². The standard InChI is InChI=1S/C12H11BrN6O2S/c1-2-22(20,21)9-3-4-10(13)11(5-9)15-7-8(6-14)12-16-18-19-17-12/h3-5,7,15H,2H2,1H3,(H,16,17,18,19). The van der Waals surface area contributed by atoms with Crippen LogP contribution >= 0.6 is 15.9 Å². The molecule has 0 bridgehead atoms. The summed E-state index contributed by atoms with van der Waals surface area (Å²) in [6, 6.07) is 6.56. The van der Waals surface area contributed by atoms with E-state index in [1.807, 2.05) is 6.07 Å². The molecule has 2 rings (SSSR count). The summed E-state index contributed by atoms with van der Waals surface area (Å²) < 4.78 is 24.5. The van der Waals surface area contributed by atoms with Gasteiger partial charge in [0.05, 0.1) is 16.3 Å². The lowest BCUT2D eigenvalue weighted by Crippen LogP contribution is -2.04. The van der Waals surface area contributed by atoms with Crippen LogP contribution in [0.1, 0.15) is 12.7 Å². The van der Waals surface area contributed by atoms with Gasteiger partial charge in [0, 0.05) is 10.7 Å². The minimum absolute atomic E-state index is 0.0101. The molecule has 0 fully saturated rings. The third-order valence-corrected chi connectivity index (χ3v) is 5.18. The Balaban J connectivity index is 2.34. The van der Waals surface area contributed by atoms with E-state index in [4.69, 9.17) is 5.26 Å². The Kier molecular flexibility index (Phi) is 4.89. The maximum Gasteiger partial charge on any atom is 0.216 e. The molecule has 0 aliphatic heterocycles. The molecular formula is C12H11BrN6O2S. The summed E-state index contributed by atoms with van der Waals surface area (Å²) in [6.45, 7) is 1.58. The van der Waals surface area contributed by atoms with Crippen molar-refractivity contribution in [1.29, 1.82) is 5.26 Å².